The summed E-state index contributed by atoms with van der Waals surface area (Å²) in [4.78, 5) is 19.8. The molecule has 4 aromatic heterocycles. The molecule has 0 aliphatic carbocycles. The summed E-state index contributed by atoms with van der Waals surface area (Å²) in [6.45, 7) is 2.08. The van der Waals surface area contributed by atoms with Gasteiger partial charge in [0.05, 0.1) is 5.39 Å². The van der Waals surface area contributed by atoms with E-state index in [-0.39, 0.29) is 0 Å². The Morgan fingerprint density at radius 1 is 1.00 bits per heavy atom. The van der Waals surface area contributed by atoms with E-state index in [0.29, 0.717) is 5.82 Å². The van der Waals surface area contributed by atoms with Crippen LogP contribution >= 0.6 is 11.3 Å². The topological polar surface area (TPSA) is 63.6 Å². The largest absolute Gasteiger partial charge is 0.339 e. The molecule has 0 radical (unpaired) electrons. The van der Waals surface area contributed by atoms with Gasteiger partial charge in [0.25, 0.3) is 0 Å². The van der Waals surface area contributed by atoms with Crippen molar-refractivity contribution in [1.82, 2.24) is 19.9 Å². The van der Waals surface area contributed by atoms with Crippen molar-refractivity contribution >= 4 is 33.1 Å². The van der Waals surface area contributed by atoms with Crippen molar-refractivity contribution in [2.45, 2.75) is 6.92 Å². The van der Waals surface area contributed by atoms with Crippen LogP contribution in [0.4, 0.5) is 11.5 Å². The first-order valence-electron chi connectivity index (χ1n) is 7.15. The molecule has 6 heteroatoms. The van der Waals surface area contributed by atoms with Crippen LogP contribution in [0.3, 0.4) is 0 Å². The first kappa shape index (κ1) is 13.8. The summed E-state index contributed by atoms with van der Waals surface area (Å²) in [5, 5.41) is 4.39. The summed E-state index contributed by atoms with van der Waals surface area (Å²) in [5.74, 6) is 1.47. The van der Waals surface area contributed by atoms with Gasteiger partial charge in [0.15, 0.2) is 5.82 Å². The van der Waals surface area contributed by atoms with Crippen LogP contribution in [0.2, 0.25) is 0 Å². The smallest absolute Gasteiger partial charge is 0.164 e. The molecule has 0 aliphatic heterocycles. The van der Waals surface area contributed by atoms with Gasteiger partial charge in [-0.2, -0.15) is 0 Å². The monoisotopic (exact) mass is 319 g/mol. The van der Waals surface area contributed by atoms with Gasteiger partial charge in [-0.1, -0.05) is 0 Å². The maximum absolute atomic E-state index is 4.70. The fourth-order valence-corrected chi connectivity index (χ4v) is 3.21. The molecule has 4 rings (SSSR count). The Labute approximate surface area is 137 Å². The molecule has 4 heterocycles. The van der Waals surface area contributed by atoms with Crippen molar-refractivity contribution < 1.29 is 0 Å². The number of nitrogens with one attached hydrogen (secondary N) is 1. The minimum absolute atomic E-state index is 0.670. The molecule has 0 atom stereocenters. The molecule has 5 nitrogen and oxygen atoms in total. The number of hydrogen-bond acceptors (Lipinski definition) is 6. The molecule has 112 valence electrons. The average Bonchev–Trinajstić information content (AvgIpc) is 2.97. The zero-order chi connectivity index (χ0) is 15.6. The Balaban J connectivity index is 1.87. The van der Waals surface area contributed by atoms with Gasteiger partial charge in [-0.3, -0.25) is 9.97 Å². The number of rotatable bonds is 3. The Hall–Kier alpha value is -2.86. The number of anilines is 2. The minimum Gasteiger partial charge on any atom is -0.339 e. The summed E-state index contributed by atoms with van der Waals surface area (Å²) < 4.78 is 0. The number of pyridine rings is 2. The van der Waals surface area contributed by atoms with E-state index in [1.165, 1.54) is 4.88 Å². The van der Waals surface area contributed by atoms with E-state index >= 15 is 0 Å². The number of hydrogen-bond donors (Lipinski definition) is 1. The van der Waals surface area contributed by atoms with Crippen molar-refractivity contribution in [3.8, 4) is 11.4 Å². The second-order valence-corrected chi connectivity index (χ2v) is 6.31. The Morgan fingerprint density at radius 3 is 2.65 bits per heavy atom. The van der Waals surface area contributed by atoms with Gasteiger partial charge in [0.1, 0.15) is 10.6 Å². The first-order valence-corrected chi connectivity index (χ1v) is 7.97. The van der Waals surface area contributed by atoms with Crippen molar-refractivity contribution in [3.63, 3.8) is 0 Å². The third kappa shape index (κ3) is 2.76. The van der Waals surface area contributed by atoms with Gasteiger partial charge >= 0.3 is 0 Å². The predicted octanol–water partition coefficient (Wildman–Crippen LogP) is 4.20. The molecular formula is C17H13N5S. The zero-order valence-electron chi connectivity index (χ0n) is 12.4. The molecule has 0 unspecified atom stereocenters. The highest BCUT2D eigenvalue weighted by atomic mass is 32.1. The highest BCUT2D eigenvalue weighted by Crippen LogP contribution is 2.32. The molecule has 0 fully saturated rings. The Bertz CT molecular complexity index is 951. The lowest BCUT2D eigenvalue weighted by Gasteiger charge is -2.08. The molecule has 23 heavy (non-hydrogen) atoms. The van der Waals surface area contributed by atoms with E-state index in [1.54, 1.807) is 36.1 Å². The third-order valence-electron chi connectivity index (χ3n) is 3.38. The van der Waals surface area contributed by atoms with Gasteiger partial charge in [-0.05, 0) is 37.3 Å². The maximum atomic E-state index is 4.70. The van der Waals surface area contributed by atoms with Gasteiger partial charge < -0.3 is 5.32 Å². The Kier molecular flexibility index (Phi) is 3.44. The summed E-state index contributed by atoms with van der Waals surface area (Å²) in [6, 6.07) is 9.79. The molecule has 0 bridgehead atoms. The van der Waals surface area contributed by atoms with Crippen LogP contribution in [0, 0.1) is 6.92 Å². The number of thiophene rings is 1. The molecule has 1 N–H and O–H groups in total. The van der Waals surface area contributed by atoms with Gasteiger partial charge in [-0.25, -0.2) is 9.97 Å². The summed E-state index contributed by atoms with van der Waals surface area (Å²) in [5.41, 5.74) is 1.85. The van der Waals surface area contributed by atoms with Crippen molar-refractivity contribution in [3.05, 3.63) is 60.0 Å². The van der Waals surface area contributed by atoms with E-state index < -0.39 is 0 Å². The zero-order valence-corrected chi connectivity index (χ0v) is 13.2. The fourth-order valence-electron chi connectivity index (χ4n) is 2.33. The number of aryl methyl sites for hydroxylation is 1. The van der Waals surface area contributed by atoms with Gasteiger partial charge in [0.2, 0.25) is 0 Å². The van der Waals surface area contributed by atoms with E-state index in [9.17, 15) is 0 Å². The summed E-state index contributed by atoms with van der Waals surface area (Å²) >= 11 is 1.66. The number of aromatic nitrogens is 4. The fraction of sp³-hybridized carbons (Fsp3) is 0.0588. The van der Waals surface area contributed by atoms with Crippen LogP contribution in [-0.4, -0.2) is 19.9 Å². The lowest BCUT2D eigenvalue weighted by atomic mass is 10.2. The van der Waals surface area contributed by atoms with E-state index in [4.69, 9.17) is 4.98 Å². The molecule has 0 amide bonds. The van der Waals surface area contributed by atoms with Crippen molar-refractivity contribution in [2.75, 3.05) is 5.32 Å². The third-order valence-corrected chi connectivity index (χ3v) is 4.32. The Morgan fingerprint density at radius 2 is 1.87 bits per heavy atom. The van der Waals surface area contributed by atoms with Crippen molar-refractivity contribution in [2.24, 2.45) is 0 Å². The van der Waals surface area contributed by atoms with Crippen LogP contribution in [-0.2, 0) is 0 Å². The quantitative estimate of drug-likeness (QED) is 0.613. The molecule has 0 saturated heterocycles. The highest BCUT2D eigenvalue weighted by molar-refractivity contribution is 7.18. The van der Waals surface area contributed by atoms with E-state index in [0.717, 1.165) is 27.3 Å². The maximum Gasteiger partial charge on any atom is 0.164 e. The SMILES string of the molecule is Cc1cc2c(Nc3ccncc3)nc(-c3cccnc3)nc2s1. The molecule has 0 saturated carbocycles. The van der Waals surface area contributed by atoms with Crippen molar-refractivity contribution in [1.29, 1.82) is 0 Å². The number of fused-ring (bicyclic) bond motifs is 1. The van der Waals surface area contributed by atoms with Gasteiger partial charge in [0, 0.05) is 40.9 Å². The van der Waals surface area contributed by atoms with Crippen LogP contribution in [0.25, 0.3) is 21.6 Å². The van der Waals surface area contributed by atoms with E-state index in [1.807, 2.05) is 24.3 Å². The van der Waals surface area contributed by atoms with Crippen LogP contribution < -0.4 is 5.32 Å². The van der Waals surface area contributed by atoms with Crippen LogP contribution in [0.1, 0.15) is 4.88 Å². The second-order valence-electron chi connectivity index (χ2n) is 5.07. The van der Waals surface area contributed by atoms with Crippen LogP contribution in [0.5, 0.6) is 0 Å². The van der Waals surface area contributed by atoms with Gasteiger partial charge in [-0.15, -0.1) is 11.3 Å². The molecule has 0 spiro atoms. The first-order chi connectivity index (χ1) is 11.3. The second kappa shape index (κ2) is 5.73. The standard InChI is InChI=1S/C17H13N5S/c1-11-9-14-16(20-13-4-7-18-8-5-13)21-15(22-17(14)23-11)12-3-2-6-19-10-12/h2-10H,1H3,(H,18,20,21,22). The normalized spacial score (nSPS) is 10.8. The average molecular weight is 319 g/mol. The highest BCUT2D eigenvalue weighted by Gasteiger charge is 2.12. The summed E-state index contributed by atoms with van der Waals surface area (Å²) in [6.07, 6.45) is 7.02. The van der Waals surface area contributed by atoms with E-state index in [2.05, 4.69) is 33.3 Å². The minimum atomic E-state index is 0.670. The molecular weight excluding hydrogens is 306 g/mol. The lowest BCUT2D eigenvalue weighted by Crippen LogP contribution is -1.98. The molecule has 4 aromatic rings. The number of nitrogens with zero attached hydrogens (tertiary/aromatic N) is 4. The van der Waals surface area contributed by atoms with Crippen LogP contribution in [0.15, 0.2) is 55.1 Å². The molecule has 0 aromatic carbocycles. The predicted molar refractivity (Wildman–Crippen MR) is 92.9 cm³/mol. The molecule has 0 aliphatic rings. The lowest BCUT2D eigenvalue weighted by molar-refractivity contribution is 1.21. The summed E-state index contributed by atoms with van der Waals surface area (Å²) in [7, 11) is 0.